The molecule has 2 aliphatic heterocycles. The first-order valence-corrected chi connectivity index (χ1v) is 7.59. The minimum atomic E-state index is -0.233. The third kappa shape index (κ3) is 2.33. The highest BCUT2D eigenvalue weighted by Gasteiger charge is 2.38. The molecule has 2 fully saturated rings. The van der Waals surface area contributed by atoms with Crippen molar-refractivity contribution >= 4 is 17.5 Å². The van der Waals surface area contributed by atoms with Gasteiger partial charge in [0.25, 0.3) is 5.91 Å². The summed E-state index contributed by atoms with van der Waals surface area (Å²) < 4.78 is 1.48. The molecule has 9 nitrogen and oxygen atoms in total. The summed E-state index contributed by atoms with van der Waals surface area (Å²) in [6, 6.07) is 3.20. The maximum absolute atomic E-state index is 12.7. The molecule has 23 heavy (non-hydrogen) atoms. The molecule has 2 amide bonds. The average molecular weight is 315 g/mol. The van der Waals surface area contributed by atoms with Gasteiger partial charge in [-0.3, -0.25) is 14.5 Å². The van der Waals surface area contributed by atoms with Crippen LogP contribution >= 0.6 is 0 Å². The van der Waals surface area contributed by atoms with E-state index in [-0.39, 0.29) is 17.9 Å². The molecule has 2 aromatic heterocycles. The van der Waals surface area contributed by atoms with Crippen molar-refractivity contribution in [2.45, 2.75) is 6.04 Å². The van der Waals surface area contributed by atoms with Gasteiger partial charge in [0, 0.05) is 46.0 Å². The number of nitrogens with zero attached hydrogens (tertiary/aromatic N) is 7. The highest BCUT2D eigenvalue weighted by molar-refractivity contribution is 5.95. The van der Waals surface area contributed by atoms with Gasteiger partial charge in [0.05, 0.1) is 5.56 Å². The predicted molar refractivity (Wildman–Crippen MR) is 79.7 cm³/mol. The van der Waals surface area contributed by atoms with E-state index in [4.69, 9.17) is 0 Å². The van der Waals surface area contributed by atoms with Crippen molar-refractivity contribution in [1.29, 1.82) is 0 Å². The zero-order valence-electron chi connectivity index (χ0n) is 12.8. The van der Waals surface area contributed by atoms with E-state index in [1.807, 2.05) is 7.05 Å². The van der Waals surface area contributed by atoms with Gasteiger partial charge in [-0.2, -0.15) is 4.52 Å². The Balaban J connectivity index is 1.55. The van der Waals surface area contributed by atoms with E-state index in [1.165, 1.54) is 4.52 Å². The molecule has 2 saturated heterocycles. The topological polar surface area (TPSA) is 86.9 Å². The van der Waals surface area contributed by atoms with Crippen LogP contribution in [0.3, 0.4) is 0 Å². The normalized spacial score (nSPS) is 22.5. The molecule has 0 unspecified atom stereocenters. The molecule has 4 heterocycles. The van der Waals surface area contributed by atoms with Crippen molar-refractivity contribution in [2.75, 3.05) is 39.8 Å². The first kappa shape index (κ1) is 14.1. The highest BCUT2D eigenvalue weighted by atomic mass is 16.2. The van der Waals surface area contributed by atoms with Gasteiger partial charge in [-0.05, 0) is 22.6 Å². The van der Waals surface area contributed by atoms with Gasteiger partial charge in [0.15, 0.2) is 5.65 Å². The number of carbonyl (C=O) groups is 2. The van der Waals surface area contributed by atoms with E-state index in [9.17, 15) is 9.59 Å². The largest absolute Gasteiger partial charge is 0.343 e. The summed E-state index contributed by atoms with van der Waals surface area (Å²) in [6.07, 6.45) is 1.62. The van der Waals surface area contributed by atoms with Gasteiger partial charge in [0.2, 0.25) is 5.91 Å². The molecule has 0 N–H and O–H groups in total. The Morgan fingerprint density at radius 3 is 2.91 bits per heavy atom. The standard InChI is InChI=1S/C14H17N7O2/c1-18-4-5-19-6-7-20(9-11(19)14(18)23)13(22)10-2-3-12-15-16-17-21(12)8-10/h2-3,8,11H,4-7,9H2,1H3/t11-/m0/s1. The molecule has 2 aromatic rings. The average Bonchev–Trinajstić information content (AvgIpc) is 3.05. The number of rotatable bonds is 1. The second kappa shape index (κ2) is 5.27. The quantitative estimate of drug-likeness (QED) is 0.652. The molecule has 0 spiro atoms. The first-order valence-electron chi connectivity index (χ1n) is 7.59. The molecule has 0 bridgehead atoms. The molecule has 0 aliphatic carbocycles. The van der Waals surface area contributed by atoms with Gasteiger partial charge in [0.1, 0.15) is 6.04 Å². The number of hydrogen-bond acceptors (Lipinski definition) is 6. The van der Waals surface area contributed by atoms with Crippen molar-refractivity contribution in [3.63, 3.8) is 0 Å². The molecule has 9 heteroatoms. The Bertz CT molecular complexity index is 773. The Kier molecular flexibility index (Phi) is 3.22. The van der Waals surface area contributed by atoms with Crippen molar-refractivity contribution in [2.24, 2.45) is 0 Å². The number of pyridine rings is 1. The van der Waals surface area contributed by atoms with Crippen LogP contribution in [0.15, 0.2) is 18.3 Å². The van der Waals surface area contributed by atoms with E-state index in [0.717, 1.165) is 19.6 Å². The smallest absolute Gasteiger partial charge is 0.255 e. The molecule has 4 rings (SSSR count). The van der Waals surface area contributed by atoms with Crippen LogP contribution in [0.1, 0.15) is 10.4 Å². The molecule has 0 aromatic carbocycles. The fraction of sp³-hybridized carbons (Fsp3) is 0.500. The van der Waals surface area contributed by atoms with E-state index in [1.54, 1.807) is 28.1 Å². The van der Waals surface area contributed by atoms with Gasteiger partial charge in [-0.15, -0.1) is 5.10 Å². The third-order valence-electron chi connectivity index (χ3n) is 4.60. The summed E-state index contributed by atoms with van der Waals surface area (Å²) in [7, 11) is 1.81. The maximum Gasteiger partial charge on any atom is 0.255 e. The summed E-state index contributed by atoms with van der Waals surface area (Å²) >= 11 is 0. The SMILES string of the molecule is CN1CCN2CCN(C(=O)c3ccc4nnnn4c3)C[C@H]2C1=O. The molecule has 1 atom stereocenters. The van der Waals surface area contributed by atoms with Crippen molar-refractivity contribution < 1.29 is 9.59 Å². The third-order valence-corrected chi connectivity index (χ3v) is 4.60. The van der Waals surface area contributed by atoms with Gasteiger partial charge < -0.3 is 9.80 Å². The van der Waals surface area contributed by atoms with Crippen molar-refractivity contribution in [3.05, 3.63) is 23.9 Å². The van der Waals surface area contributed by atoms with Crippen LogP contribution in [-0.4, -0.2) is 92.4 Å². The Labute approximate surface area is 132 Å². The molecular weight excluding hydrogens is 298 g/mol. The summed E-state index contributed by atoms with van der Waals surface area (Å²) in [5, 5.41) is 11.2. The number of fused-ring (bicyclic) bond motifs is 2. The Morgan fingerprint density at radius 2 is 2.04 bits per heavy atom. The lowest BCUT2D eigenvalue weighted by Crippen LogP contribution is -2.64. The van der Waals surface area contributed by atoms with E-state index in [2.05, 4.69) is 20.4 Å². The number of piperazine rings is 2. The first-order chi connectivity index (χ1) is 11.1. The summed E-state index contributed by atoms with van der Waals surface area (Å²) in [5.41, 5.74) is 1.12. The second-order valence-corrected chi connectivity index (χ2v) is 5.96. The molecular formula is C14H17N7O2. The molecule has 0 saturated carbocycles. The number of aromatic nitrogens is 4. The Hall–Kier alpha value is -2.55. The van der Waals surface area contributed by atoms with Crippen LogP contribution < -0.4 is 0 Å². The van der Waals surface area contributed by atoms with E-state index < -0.39 is 0 Å². The summed E-state index contributed by atoms with van der Waals surface area (Å²) in [4.78, 5) is 30.7. The van der Waals surface area contributed by atoms with Crippen molar-refractivity contribution in [3.8, 4) is 0 Å². The second-order valence-electron chi connectivity index (χ2n) is 5.96. The van der Waals surface area contributed by atoms with Gasteiger partial charge in [-0.25, -0.2) is 0 Å². The molecule has 2 aliphatic rings. The summed E-state index contributed by atoms with van der Waals surface area (Å²) in [5.74, 6) is -0.00671. The number of carbonyl (C=O) groups excluding carboxylic acids is 2. The fourth-order valence-corrected chi connectivity index (χ4v) is 3.20. The van der Waals surface area contributed by atoms with Crippen LogP contribution in [-0.2, 0) is 4.79 Å². The van der Waals surface area contributed by atoms with E-state index >= 15 is 0 Å². The summed E-state index contributed by atoms with van der Waals surface area (Å²) in [6.45, 7) is 3.39. The monoisotopic (exact) mass is 315 g/mol. The highest BCUT2D eigenvalue weighted by Crippen LogP contribution is 2.18. The number of amides is 2. The number of hydrogen-bond donors (Lipinski definition) is 0. The zero-order chi connectivity index (χ0) is 16.0. The number of likely N-dealkylation sites (N-methyl/N-ethyl adjacent to an activating group) is 1. The molecule has 0 radical (unpaired) electrons. The van der Waals surface area contributed by atoms with Crippen molar-refractivity contribution in [1.82, 2.24) is 34.7 Å². The lowest BCUT2D eigenvalue weighted by atomic mass is 10.1. The predicted octanol–water partition coefficient (Wildman–Crippen LogP) is -1.28. The lowest BCUT2D eigenvalue weighted by molar-refractivity contribution is -0.142. The Morgan fingerprint density at radius 1 is 1.22 bits per heavy atom. The van der Waals surface area contributed by atoms with Gasteiger partial charge >= 0.3 is 0 Å². The van der Waals surface area contributed by atoms with Crippen LogP contribution in [0.25, 0.3) is 5.65 Å². The van der Waals surface area contributed by atoms with Gasteiger partial charge in [-0.1, -0.05) is 0 Å². The van der Waals surface area contributed by atoms with E-state index in [0.29, 0.717) is 24.3 Å². The molecule has 120 valence electrons. The maximum atomic E-state index is 12.7. The fourth-order valence-electron chi connectivity index (χ4n) is 3.20. The number of tetrazole rings is 1. The van der Waals surface area contributed by atoms with Crippen LogP contribution in [0.4, 0.5) is 0 Å². The van der Waals surface area contributed by atoms with Crippen LogP contribution in [0.2, 0.25) is 0 Å². The zero-order valence-corrected chi connectivity index (χ0v) is 12.8. The van der Waals surface area contributed by atoms with Crippen LogP contribution in [0, 0.1) is 0 Å². The van der Waals surface area contributed by atoms with Crippen LogP contribution in [0.5, 0.6) is 0 Å². The minimum Gasteiger partial charge on any atom is -0.343 e. The minimum absolute atomic E-state index is 0.0877. The lowest BCUT2D eigenvalue weighted by Gasteiger charge is -2.45.